The van der Waals surface area contributed by atoms with Gasteiger partial charge >= 0.3 is 5.97 Å². The minimum Gasteiger partial charge on any atom is -0.491 e. The normalized spacial score (nSPS) is 20.4. The molecule has 6 heteroatoms. The summed E-state index contributed by atoms with van der Waals surface area (Å²) < 4.78 is 5.79. The molecule has 2 rings (SSSR count). The van der Waals surface area contributed by atoms with E-state index in [1.54, 1.807) is 12.1 Å². The summed E-state index contributed by atoms with van der Waals surface area (Å²) in [4.78, 5) is 25.2. The third-order valence-corrected chi connectivity index (χ3v) is 4.27. The maximum atomic E-state index is 12.4. The van der Waals surface area contributed by atoms with Gasteiger partial charge in [-0.3, -0.25) is 4.79 Å². The molecule has 6 nitrogen and oxygen atoms in total. The van der Waals surface area contributed by atoms with E-state index in [1.807, 2.05) is 25.8 Å². The van der Waals surface area contributed by atoms with E-state index in [4.69, 9.17) is 9.84 Å². The Balaban J connectivity index is 1.97. The first-order chi connectivity index (χ1) is 11.4. The van der Waals surface area contributed by atoms with Crippen molar-refractivity contribution < 1.29 is 19.4 Å². The van der Waals surface area contributed by atoms with Crippen LogP contribution in [0.25, 0.3) is 0 Å². The molecular formula is C18H26N2O4. The molecule has 24 heavy (non-hydrogen) atoms. The molecule has 1 aliphatic heterocycles. The zero-order chi connectivity index (χ0) is 17.7. The molecule has 1 heterocycles. The molecule has 0 aromatic heterocycles. The highest BCUT2D eigenvalue weighted by Crippen LogP contribution is 2.22. The quantitative estimate of drug-likeness (QED) is 0.797. The number of carboxylic acid groups (broad SMARTS) is 1. The van der Waals surface area contributed by atoms with Crippen molar-refractivity contribution >= 4 is 11.9 Å². The van der Waals surface area contributed by atoms with Gasteiger partial charge in [-0.2, -0.15) is 0 Å². The summed E-state index contributed by atoms with van der Waals surface area (Å²) in [5.74, 6) is 0.151. The van der Waals surface area contributed by atoms with Gasteiger partial charge in [-0.05, 0) is 43.7 Å². The Hall–Kier alpha value is -2.08. The number of benzene rings is 1. The number of carboxylic acids is 1. The highest BCUT2D eigenvalue weighted by molar-refractivity contribution is 5.87. The van der Waals surface area contributed by atoms with Gasteiger partial charge in [0.05, 0.1) is 11.6 Å². The van der Waals surface area contributed by atoms with Gasteiger partial charge in [-0.1, -0.05) is 13.8 Å². The van der Waals surface area contributed by atoms with Crippen molar-refractivity contribution in [2.75, 3.05) is 20.2 Å². The molecule has 0 unspecified atom stereocenters. The molecule has 132 valence electrons. The van der Waals surface area contributed by atoms with E-state index in [2.05, 4.69) is 5.32 Å². The number of likely N-dealkylation sites (N-methyl/N-ethyl adjacent to an activating group) is 1. The zero-order valence-electron chi connectivity index (χ0n) is 14.5. The molecule has 0 radical (unpaired) electrons. The highest BCUT2D eigenvalue weighted by atomic mass is 16.5. The fraction of sp³-hybridized carbons (Fsp3) is 0.556. The predicted molar refractivity (Wildman–Crippen MR) is 91.3 cm³/mol. The number of amides is 1. The third kappa shape index (κ3) is 4.71. The fourth-order valence-electron chi connectivity index (χ4n) is 2.94. The van der Waals surface area contributed by atoms with Crippen LogP contribution in [0.15, 0.2) is 24.3 Å². The molecule has 1 saturated heterocycles. The van der Waals surface area contributed by atoms with Gasteiger partial charge in [-0.25, -0.2) is 4.79 Å². The monoisotopic (exact) mass is 334 g/mol. The van der Waals surface area contributed by atoms with Gasteiger partial charge in [0.1, 0.15) is 12.4 Å². The van der Waals surface area contributed by atoms with Crippen LogP contribution in [0.2, 0.25) is 0 Å². The molecular weight excluding hydrogens is 308 g/mol. The van der Waals surface area contributed by atoms with Gasteiger partial charge in [-0.15, -0.1) is 0 Å². The second kappa shape index (κ2) is 8.15. The van der Waals surface area contributed by atoms with Crippen LogP contribution in [0.5, 0.6) is 5.75 Å². The zero-order valence-corrected chi connectivity index (χ0v) is 14.5. The second-order valence-electron chi connectivity index (χ2n) is 6.66. The number of ether oxygens (including phenoxy) is 1. The number of hydrogen-bond donors (Lipinski definition) is 2. The molecule has 1 fully saturated rings. The van der Waals surface area contributed by atoms with Gasteiger partial charge < -0.3 is 20.1 Å². The van der Waals surface area contributed by atoms with Crippen LogP contribution in [0.4, 0.5) is 0 Å². The fourth-order valence-corrected chi connectivity index (χ4v) is 2.94. The number of nitrogens with one attached hydrogen (secondary N) is 1. The number of nitrogens with zero attached hydrogens (tertiary/aromatic N) is 1. The molecule has 0 bridgehead atoms. The largest absolute Gasteiger partial charge is 0.491 e. The molecule has 0 aliphatic carbocycles. The molecule has 0 spiro atoms. The Morgan fingerprint density at radius 1 is 1.33 bits per heavy atom. The molecule has 1 aromatic carbocycles. The van der Waals surface area contributed by atoms with E-state index < -0.39 is 5.97 Å². The van der Waals surface area contributed by atoms with E-state index in [0.717, 1.165) is 6.42 Å². The minimum absolute atomic E-state index is 0.0350. The van der Waals surface area contributed by atoms with Crippen LogP contribution in [0.3, 0.4) is 0 Å². The molecule has 0 saturated carbocycles. The molecule has 1 aliphatic rings. The van der Waals surface area contributed by atoms with Gasteiger partial charge in [0, 0.05) is 19.0 Å². The Morgan fingerprint density at radius 3 is 2.54 bits per heavy atom. The van der Waals surface area contributed by atoms with E-state index >= 15 is 0 Å². The lowest BCUT2D eigenvalue weighted by Crippen LogP contribution is -2.40. The van der Waals surface area contributed by atoms with Crippen LogP contribution in [0.1, 0.15) is 37.0 Å². The highest BCUT2D eigenvalue weighted by Gasteiger charge is 2.34. The van der Waals surface area contributed by atoms with Crippen molar-refractivity contribution in [3.05, 3.63) is 29.8 Å². The van der Waals surface area contributed by atoms with Gasteiger partial charge in [0.25, 0.3) is 0 Å². The maximum Gasteiger partial charge on any atom is 0.335 e. The number of carbonyl (C=O) groups excluding carboxylic acids is 1. The Bertz CT molecular complexity index is 571. The Kier molecular flexibility index (Phi) is 6.20. The SMILES string of the molecule is CN[C@@H]1C[C@@H](COc2ccc(C(=O)O)cc2)N(C(=O)CC(C)C)C1. The summed E-state index contributed by atoms with van der Waals surface area (Å²) in [7, 11) is 1.91. The summed E-state index contributed by atoms with van der Waals surface area (Å²) in [5.41, 5.74) is 0.229. The average Bonchev–Trinajstić information content (AvgIpc) is 2.96. The van der Waals surface area contributed by atoms with Crippen molar-refractivity contribution in [1.82, 2.24) is 10.2 Å². The first kappa shape index (κ1) is 18.3. The first-order valence-electron chi connectivity index (χ1n) is 8.33. The van der Waals surface area contributed by atoms with E-state index in [1.165, 1.54) is 12.1 Å². The molecule has 1 amide bonds. The van der Waals surface area contributed by atoms with E-state index in [0.29, 0.717) is 31.2 Å². The number of carbonyl (C=O) groups is 2. The summed E-state index contributed by atoms with van der Waals surface area (Å²) in [6, 6.07) is 6.65. The van der Waals surface area contributed by atoms with Crippen molar-refractivity contribution in [3.8, 4) is 5.75 Å². The van der Waals surface area contributed by atoms with Crippen molar-refractivity contribution in [2.45, 2.75) is 38.8 Å². The lowest BCUT2D eigenvalue weighted by molar-refractivity contribution is -0.133. The van der Waals surface area contributed by atoms with Crippen molar-refractivity contribution in [2.24, 2.45) is 5.92 Å². The van der Waals surface area contributed by atoms with Crippen LogP contribution in [-0.4, -0.2) is 54.2 Å². The first-order valence-corrected chi connectivity index (χ1v) is 8.33. The average molecular weight is 334 g/mol. The minimum atomic E-state index is -0.959. The van der Waals surface area contributed by atoms with Crippen LogP contribution in [-0.2, 0) is 4.79 Å². The van der Waals surface area contributed by atoms with E-state index in [9.17, 15) is 9.59 Å². The van der Waals surface area contributed by atoms with Gasteiger partial charge in [0.15, 0.2) is 0 Å². The van der Waals surface area contributed by atoms with Crippen LogP contribution >= 0.6 is 0 Å². The standard InChI is InChI=1S/C18H26N2O4/c1-12(2)8-17(21)20-10-14(19-3)9-15(20)11-24-16-6-4-13(5-7-16)18(22)23/h4-7,12,14-15,19H,8-11H2,1-3H3,(H,22,23)/t14-,15+/m1/s1. The molecule has 2 N–H and O–H groups in total. The second-order valence-corrected chi connectivity index (χ2v) is 6.66. The smallest absolute Gasteiger partial charge is 0.335 e. The summed E-state index contributed by atoms with van der Waals surface area (Å²) in [5, 5.41) is 12.1. The Morgan fingerprint density at radius 2 is 2.00 bits per heavy atom. The maximum absolute atomic E-state index is 12.4. The molecule has 1 aromatic rings. The number of likely N-dealkylation sites (tertiary alicyclic amines) is 1. The lowest BCUT2D eigenvalue weighted by Gasteiger charge is -2.25. The summed E-state index contributed by atoms with van der Waals surface area (Å²) >= 11 is 0. The van der Waals surface area contributed by atoms with Crippen LogP contribution < -0.4 is 10.1 Å². The Labute approximate surface area is 142 Å². The lowest BCUT2D eigenvalue weighted by atomic mass is 10.1. The van der Waals surface area contributed by atoms with Crippen LogP contribution in [0, 0.1) is 5.92 Å². The van der Waals surface area contributed by atoms with E-state index in [-0.39, 0.29) is 23.6 Å². The predicted octanol–water partition coefficient (Wildman–Crippen LogP) is 2.00. The number of aromatic carboxylic acids is 1. The van der Waals surface area contributed by atoms with Crippen molar-refractivity contribution in [1.29, 1.82) is 0 Å². The third-order valence-electron chi connectivity index (χ3n) is 4.27. The summed E-state index contributed by atoms with van der Waals surface area (Å²) in [6.07, 6.45) is 1.40. The number of rotatable bonds is 7. The van der Waals surface area contributed by atoms with Gasteiger partial charge in [0.2, 0.25) is 5.91 Å². The topological polar surface area (TPSA) is 78.9 Å². The number of hydrogen-bond acceptors (Lipinski definition) is 4. The molecule has 2 atom stereocenters. The van der Waals surface area contributed by atoms with Crippen molar-refractivity contribution in [3.63, 3.8) is 0 Å². The summed E-state index contributed by atoms with van der Waals surface area (Å²) in [6.45, 7) is 5.19.